The molecule has 0 aromatic carbocycles. The molecule has 0 fully saturated rings. The van der Waals surface area contributed by atoms with E-state index in [0.717, 1.165) is 12.8 Å². The number of unbranched alkanes of at least 4 members (excludes halogenated alkanes) is 4. The van der Waals surface area contributed by atoms with Crippen molar-refractivity contribution in [2.45, 2.75) is 96.5 Å². The molecular weight excluding hydrogens is 248 g/mol. The molecule has 0 saturated heterocycles. The van der Waals surface area contributed by atoms with Crippen molar-refractivity contribution in [1.82, 2.24) is 0 Å². The molecule has 1 N–H and O–H groups in total. The van der Waals surface area contributed by atoms with E-state index in [2.05, 4.69) is 52.6 Å². The summed E-state index contributed by atoms with van der Waals surface area (Å²) in [6.07, 6.45) is 12.9. The molecule has 0 aliphatic carbocycles. The lowest BCUT2D eigenvalue weighted by atomic mass is 9.98. The van der Waals surface area contributed by atoms with Crippen molar-refractivity contribution in [1.29, 1.82) is 0 Å². The van der Waals surface area contributed by atoms with E-state index >= 15 is 0 Å². The largest absolute Gasteiger partial charge is 0.393 e. The highest BCUT2D eigenvalue weighted by Gasteiger charge is 2.42. The van der Waals surface area contributed by atoms with Gasteiger partial charge in [-0.05, 0) is 19.3 Å². The summed E-state index contributed by atoms with van der Waals surface area (Å²) in [6, 6.07) is 0. The second kappa shape index (κ2) is 8.96. The lowest BCUT2D eigenvalue weighted by Gasteiger charge is -2.42. The van der Waals surface area contributed by atoms with Crippen molar-refractivity contribution in [2.24, 2.45) is 0 Å². The molecule has 0 radical (unpaired) electrons. The molecule has 0 amide bonds. The molecule has 0 saturated carbocycles. The fraction of sp³-hybridized carbons (Fsp3) is 0.882. The lowest BCUT2D eigenvalue weighted by molar-refractivity contribution is 0.131. The molecule has 0 spiro atoms. The summed E-state index contributed by atoms with van der Waals surface area (Å²) in [4.78, 5) is 0. The van der Waals surface area contributed by atoms with Gasteiger partial charge in [0.1, 0.15) is 0 Å². The van der Waals surface area contributed by atoms with Crippen molar-refractivity contribution < 1.29 is 5.11 Å². The average molecular weight is 285 g/mol. The topological polar surface area (TPSA) is 20.2 Å². The lowest BCUT2D eigenvalue weighted by Crippen LogP contribution is -2.44. The number of rotatable bonds is 10. The highest BCUT2D eigenvalue weighted by atomic mass is 28.3. The van der Waals surface area contributed by atoms with E-state index in [1.807, 2.05) is 0 Å². The van der Waals surface area contributed by atoms with Crippen LogP contribution in [0.1, 0.15) is 65.7 Å². The van der Waals surface area contributed by atoms with E-state index in [9.17, 15) is 5.11 Å². The Labute approximate surface area is 122 Å². The second-order valence-electron chi connectivity index (χ2n) is 7.09. The Kier molecular flexibility index (Phi) is 8.92. The fourth-order valence-electron chi connectivity index (χ4n) is 2.45. The number of hydrogen-bond acceptors (Lipinski definition) is 1. The first-order valence-corrected chi connectivity index (χ1v) is 11.6. The Bertz CT molecular complexity index is 254. The second-order valence-corrected chi connectivity index (χ2v) is 12.7. The van der Waals surface area contributed by atoms with Crippen LogP contribution in [-0.2, 0) is 0 Å². The number of allylic oxidation sites excluding steroid dienone is 1. The molecule has 0 unspecified atom stereocenters. The van der Waals surface area contributed by atoms with Crippen LogP contribution in [0.25, 0.3) is 0 Å². The Balaban J connectivity index is 4.56. The summed E-state index contributed by atoms with van der Waals surface area (Å²) in [7, 11) is -1.42. The van der Waals surface area contributed by atoms with Crippen LogP contribution in [0.5, 0.6) is 0 Å². The van der Waals surface area contributed by atoms with E-state index in [-0.39, 0.29) is 11.1 Å². The van der Waals surface area contributed by atoms with Crippen LogP contribution in [0.15, 0.2) is 12.2 Å². The van der Waals surface area contributed by atoms with Crippen molar-refractivity contribution >= 4 is 8.07 Å². The molecule has 19 heavy (non-hydrogen) atoms. The van der Waals surface area contributed by atoms with Gasteiger partial charge in [-0.2, -0.15) is 0 Å². The van der Waals surface area contributed by atoms with Crippen molar-refractivity contribution in [3.63, 3.8) is 0 Å². The average Bonchev–Trinajstić information content (AvgIpc) is 2.32. The molecule has 0 aromatic rings. The zero-order valence-corrected chi connectivity index (χ0v) is 15.1. The van der Waals surface area contributed by atoms with Crippen molar-refractivity contribution in [3.8, 4) is 0 Å². The van der Waals surface area contributed by atoms with Crippen molar-refractivity contribution in [3.05, 3.63) is 12.2 Å². The summed E-state index contributed by atoms with van der Waals surface area (Å²) in [5.41, 5.74) is 0. The highest BCUT2D eigenvalue weighted by Crippen LogP contribution is 2.44. The van der Waals surface area contributed by atoms with Gasteiger partial charge in [0.15, 0.2) is 0 Å². The van der Waals surface area contributed by atoms with Crippen LogP contribution in [-0.4, -0.2) is 19.3 Å². The van der Waals surface area contributed by atoms with Gasteiger partial charge in [-0.15, -0.1) is 0 Å². The third kappa shape index (κ3) is 6.27. The minimum absolute atomic E-state index is 0.00770. The molecule has 0 aliphatic heterocycles. The van der Waals surface area contributed by atoms with Crippen LogP contribution in [0.4, 0.5) is 0 Å². The van der Waals surface area contributed by atoms with E-state index < -0.39 is 8.07 Å². The first kappa shape index (κ1) is 18.9. The van der Waals surface area contributed by atoms with Crippen LogP contribution in [0, 0.1) is 0 Å². The molecule has 0 heterocycles. The predicted molar refractivity (Wildman–Crippen MR) is 90.5 cm³/mol. The smallest absolute Gasteiger partial charge is 0.0603 e. The normalized spacial score (nSPS) is 17.6. The zero-order valence-electron chi connectivity index (χ0n) is 14.1. The predicted octanol–water partition coefficient (Wildman–Crippen LogP) is 5.77. The Hall–Kier alpha value is -0.0831. The van der Waals surface area contributed by atoms with Gasteiger partial charge in [-0.1, -0.05) is 78.2 Å². The van der Waals surface area contributed by atoms with Crippen LogP contribution >= 0.6 is 0 Å². The zero-order chi connectivity index (χ0) is 14.9. The molecule has 0 rings (SSSR count). The number of hydrogen-bond donors (Lipinski definition) is 1. The summed E-state index contributed by atoms with van der Waals surface area (Å²) in [5, 5.41) is 10.5. The highest BCUT2D eigenvalue weighted by molar-refractivity contribution is 6.79. The standard InChI is InChI=1S/C17H36OSi/c1-7-9-10-11-12-13-15-17(3,19(4,5)6)16(18)14-8-2/h13,15-16,18H,7-12,14H2,1-6H3/b15-13+/t16-,17+/m1/s1. The minimum Gasteiger partial charge on any atom is -0.393 e. The van der Waals surface area contributed by atoms with Gasteiger partial charge in [0.05, 0.1) is 14.2 Å². The maximum Gasteiger partial charge on any atom is 0.0603 e. The van der Waals surface area contributed by atoms with Gasteiger partial charge in [0, 0.05) is 5.04 Å². The number of aliphatic hydroxyl groups is 1. The molecule has 0 aliphatic rings. The van der Waals surface area contributed by atoms with Crippen LogP contribution < -0.4 is 0 Å². The maximum absolute atomic E-state index is 10.5. The molecule has 2 atom stereocenters. The van der Waals surface area contributed by atoms with Gasteiger partial charge in [0.2, 0.25) is 0 Å². The summed E-state index contributed by atoms with van der Waals surface area (Å²) in [6.45, 7) is 13.8. The fourth-order valence-corrected chi connectivity index (χ4v) is 4.21. The van der Waals surface area contributed by atoms with E-state index in [0.29, 0.717) is 0 Å². The first-order chi connectivity index (χ1) is 8.79. The molecule has 1 nitrogen and oxygen atoms in total. The first-order valence-electron chi connectivity index (χ1n) is 8.15. The van der Waals surface area contributed by atoms with Crippen LogP contribution in [0.2, 0.25) is 24.7 Å². The van der Waals surface area contributed by atoms with Gasteiger partial charge >= 0.3 is 0 Å². The van der Waals surface area contributed by atoms with Gasteiger partial charge in [0.25, 0.3) is 0 Å². The van der Waals surface area contributed by atoms with E-state index in [1.165, 1.54) is 32.1 Å². The Morgan fingerprint density at radius 3 is 2.16 bits per heavy atom. The Morgan fingerprint density at radius 1 is 1.05 bits per heavy atom. The third-order valence-electron chi connectivity index (χ3n) is 4.56. The quantitative estimate of drug-likeness (QED) is 0.306. The van der Waals surface area contributed by atoms with Gasteiger partial charge < -0.3 is 5.11 Å². The van der Waals surface area contributed by atoms with Gasteiger partial charge in [-0.25, -0.2) is 0 Å². The summed E-state index contributed by atoms with van der Waals surface area (Å²) < 4.78 is 0. The number of aliphatic hydroxyl groups excluding tert-OH is 1. The minimum atomic E-state index is -1.42. The van der Waals surface area contributed by atoms with Gasteiger partial charge in [-0.3, -0.25) is 0 Å². The SMILES string of the molecule is CCCCCC/C=C/[C@@](C)([C@H](O)CCC)[Si](C)(C)C. The molecule has 0 bridgehead atoms. The Morgan fingerprint density at radius 2 is 1.68 bits per heavy atom. The van der Waals surface area contributed by atoms with Crippen molar-refractivity contribution in [2.75, 3.05) is 0 Å². The van der Waals surface area contributed by atoms with E-state index in [1.54, 1.807) is 0 Å². The third-order valence-corrected chi connectivity index (χ3v) is 8.29. The molecule has 0 aromatic heterocycles. The van der Waals surface area contributed by atoms with Crippen LogP contribution in [0.3, 0.4) is 0 Å². The monoisotopic (exact) mass is 284 g/mol. The molecule has 2 heteroatoms. The summed E-state index contributed by atoms with van der Waals surface area (Å²) in [5.74, 6) is 0. The summed E-state index contributed by atoms with van der Waals surface area (Å²) >= 11 is 0. The maximum atomic E-state index is 10.5. The molecular formula is C17H36OSi. The van der Waals surface area contributed by atoms with E-state index in [4.69, 9.17) is 0 Å². The molecule has 114 valence electrons.